The van der Waals surface area contributed by atoms with Gasteiger partial charge in [-0.2, -0.15) is 0 Å². The van der Waals surface area contributed by atoms with E-state index in [0.29, 0.717) is 42.3 Å². The summed E-state index contributed by atoms with van der Waals surface area (Å²) in [5.74, 6) is 0.757. The third-order valence-corrected chi connectivity index (χ3v) is 8.42. The van der Waals surface area contributed by atoms with Crippen molar-refractivity contribution in [1.82, 2.24) is 19.8 Å². The van der Waals surface area contributed by atoms with Crippen molar-refractivity contribution in [3.8, 4) is 22.1 Å². The number of benzene rings is 1. The molecule has 1 saturated heterocycles. The summed E-state index contributed by atoms with van der Waals surface area (Å²) in [5.41, 5.74) is 2.67. The number of hydrogen-bond acceptors (Lipinski definition) is 7. The maximum Gasteiger partial charge on any atom is 0.255 e. The van der Waals surface area contributed by atoms with Gasteiger partial charge in [-0.05, 0) is 61.7 Å². The molecule has 0 atom stereocenters. The molecule has 4 heterocycles. The number of fused-ring (bicyclic) bond motifs is 1. The first-order chi connectivity index (χ1) is 18.9. The molecule has 4 aromatic rings. The number of pyridine rings is 2. The zero-order valence-electron chi connectivity index (χ0n) is 21.7. The number of carbonyl (C=O) groups excluding carboxylic acids is 2. The van der Waals surface area contributed by atoms with Crippen LogP contribution in [0.3, 0.4) is 0 Å². The largest absolute Gasteiger partial charge is 0.453 e. The molecule has 1 aromatic carbocycles. The first kappa shape index (κ1) is 25.6. The molecule has 2 fully saturated rings. The average molecular weight is 545 g/mol. The topological polar surface area (TPSA) is 75.6 Å². The smallest absolute Gasteiger partial charge is 0.255 e. The molecule has 1 amide bonds. The number of ether oxygens (including phenoxy) is 1. The molecule has 1 aliphatic heterocycles. The van der Waals surface area contributed by atoms with Gasteiger partial charge in [-0.25, -0.2) is 4.39 Å². The summed E-state index contributed by atoms with van der Waals surface area (Å²) in [4.78, 5) is 39.0. The fourth-order valence-electron chi connectivity index (χ4n) is 4.78. The molecule has 1 saturated carbocycles. The number of ketones is 1. The summed E-state index contributed by atoms with van der Waals surface area (Å²) in [6, 6.07) is 12.0. The Morgan fingerprint density at radius 1 is 1.03 bits per heavy atom. The zero-order chi connectivity index (χ0) is 26.9. The lowest BCUT2D eigenvalue weighted by atomic mass is 10.0. The van der Waals surface area contributed by atoms with E-state index in [1.165, 1.54) is 17.4 Å². The van der Waals surface area contributed by atoms with Crippen molar-refractivity contribution < 1.29 is 18.7 Å². The summed E-state index contributed by atoms with van der Waals surface area (Å²) >= 11 is 1.45. The van der Waals surface area contributed by atoms with E-state index >= 15 is 0 Å². The first-order valence-corrected chi connectivity index (χ1v) is 14.1. The number of aromatic nitrogens is 2. The van der Waals surface area contributed by atoms with Gasteiger partial charge < -0.3 is 14.5 Å². The lowest BCUT2D eigenvalue weighted by molar-refractivity contribution is -0.118. The number of amides is 1. The van der Waals surface area contributed by atoms with E-state index in [-0.39, 0.29) is 23.9 Å². The van der Waals surface area contributed by atoms with Crippen molar-refractivity contribution in [2.75, 3.05) is 33.2 Å². The van der Waals surface area contributed by atoms with E-state index in [2.05, 4.69) is 21.9 Å². The van der Waals surface area contributed by atoms with Gasteiger partial charge in [-0.1, -0.05) is 6.07 Å². The van der Waals surface area contributed by atoms with Crippen molar-refractivity contribution in [3.05, 3.63) is 71.8 Å². The number of nitrogens with zero attached hydrogens (tertiary/aromatic N) is 4. The van der Waals surface area contributed by atoms with Crippen LogP contribution in [0.15, 0.2) is 54.9 Å². The Balaban J connectivity index is 1.17. The number of Topliss-reactive ketones (excluding diaryl/α,β-unsaturated/α-hetero) is 1. The average Bonchev–Trinajstić information content (AvgIpc) is 3.63. The molecular weight excluding hydrogens is 515 g/mol. The van der Waals surface area contributed by atoms with Crippen molar-refractivity contribution in [1.29, 1.82) is 0 Å². The lowest BCUT2D eigenvalue weighted by Crippen LogP contribution is -2.47. The molecule has 0 N–H and O–H groups in total. The van der Waals surface area contributed by atoms with E-state index in [1.54, 1.807) is 30.6 Å². The minimum atomic E-state index is -0.504. The molecule has 200 valence electrons. The Bertz CT molecular complexity index is 1530. The Morgan fingerprint density at radius 3 is 2.56 bits per heavy atom. The van der Waals surface area contributed by atoms with Crippen molar-refractivity contribution in [3.63, 3.8) is 0 Å². The second-order valence-electron chi connectivity index (χ2n) is 10.4. The molecule has 0 unspecified atom stereocenters. The lowest BCUT2D eigenvalue weighted by Gasteiger charge is -2.32. The van der Waals surface area contributed by atoms with Crippen LogP contribution in [0.1, 0.15) is 35.2 Å². The number of rotatable bonds is 8. The fraction of sp³-hybridized carbons (Fsp3) is 0.333. The Morgan fingerprint density at radius 2 is 1.85 bits per heavy atom. The summed E-state index contributed by atoms with van der Waals surface area (Å²) in [5, 5.41) is 0. The van der Waals surface area contributed by atoms with Gasteiger partial charge in [0.25, 0.3) is 5.91 Å². The van der Waals surface area contributed by atoms with Crippen LogP contribution in [0, 0.1) is 11.7 Å². The molecule has 39 heavy (non-hydrogen) atoms. The number of hydrogen-bond donors (Lipinski definition) is 0. The van der Waals surface area contributed by atoms with Crippen LogP contribution in [-0.4, -0.2) is 64.7 Å². The molecular formula is C30H29FN4O3S. The summed E-state index contributed by atoms with van der Waals surface area (Å²) in [6.45, 7) is 3.16. The van der Waals surface area contributed by atoms with Crippen molar-refractivity contribution in [2.45, 2.75) is 25.7 Å². The highest BCUT2D eigenvalue weighted by atomic mass is 32.1. The molecule has 0 bridgehead atoms. The van der Waals surface area contributed by atoms with Gasteiger partial charge in [0.15, 0.2) is 11.6 Å². The van der Waals surface area contributed by atoms with Crippen LogP contribution in [0.2, 0.25) is 0 Å². The van der Waals surface area contributed by atoms with Gasteiger partial charge in [0.1, 0.15) is 11.5 Å². The van der Waals surface area contributed by atoms with Crippen LogP contribution >= 0.6 is 11.3 Å². The third kappa shape index (κ3) is 5.84. The highest BCUT2D eigenvalue weighted by Crippen LogP contribution is 2.39. The predicted octanol–water partition coefficient (Wildman–Crippen LogP) is 5.59. The van der Waals surface area contributed by atoms with Crippen molar-refractivity contribution >= 4 is 33.2 Å². The highest BCUT2D eigenvalue weighted by Gasteiger charge is 2.24. The Hall–Kier alpha value is -3.69. The second-order valence-corrected chi connectivity index (χ2v) is 11.4. The van der Waals surface area contributed by atoms with E-state index in [0.717, 1.165) is 46.7 Å². The molecule has 9 heteroatoms. The van der Waals surface area contributed by atoms with Crippen LogP contribution in [0.5, 0.6) is 11.5 Å². The van der Waals surface area contributed by atoms with Crippen LogP contribution in [0.4, 0.5) is 4.39 Å². The minimum absolute atomic E-state index is 0.00355. The monoisotopic (exact) mass is 544 g/mol. The molecule has 7 nitrogen and oxygen atoms in total. The second kappa shape index (κ2) is 10.8. The van der Waals surface area contributed by atoms with Crippen molar-refractivity contribution in [2.24, 2.45) is 5.92 Å². The van der Waals surface area contributed by atoms with Gasteiger partial charge in [0.05, 0.1) is 26.4 Å². The summed E-state index contributed by atoms with van der Waals surface area (Å²) in [7, 11) is 2.06. The molecule has 1 aliphatic carbocycles. The molecule has 2 aliphatic rings. The highest BCUT2D eigenvalue weighted by molar-refractivity contribution is 7.22. The summed E-state index contributed by atoms with van der Waals surface area (Å²) < 4.78 is 21.6. The molecule has 6 rings (SSSR count). The van der Waals surface area contributed by atoms with E-state index in [4.69, 9.17) is 4.74 Å². The number of piperazine rings is 1. The minimum Gasteiger partial charge on any atom is -0.453 e. The Kier molecular flexibility index (Phi) is 7.10. The van der Waals surface area contributed by atoms with Crippen LogP contribution in [-0.2, 0) is 11.2 Å². The molecule has 0 radical (unpaired) electrons. The SMILES string of the molecule is CN1CCN(C(=O)c2ccc(-c3cc4nccc(Oc5ccc(CC(=O)CC6CC6)cc5F)c4s3)nc2)CC1. The van der Waals surface area contributed by atoms with Crippen LogP contribution in [0.25, 0.3) is 20.8 Å². The maximum atomic E-state index is 14.9. The number of likely N-dealkylation sites (N-methyl/N-ethyl adjacent to an activating group) is 1. The third-order valence-electron chi connectivity index (χ3n) is 7.26. The van der Waals surface area contributed by atoms with E-state index in [9.17, 15) is 14.0 Å². The van der Waals surface area contributed by atoms with E-state index in [1.807, 2.05) is 23.1 Å². The number of carbonyl (C=O) groups is 2. The van der Waals surface area contributed by atoms with Gasteiger partial charge in [-0.15, -0.1) is 11.3 Å². The predicted molar refractivity (Wildman–Crippen MR) is 149 cm³/mol. The summed E-state index contributed by atoms with van der Waals surface area (Å²) in [6.07, 6.45) is 6.32. The molecule has 0 spiro atoms. The van der Waals surface area contributed by atoms with Gasteiger partial charge in [-0.3, -0.25) is 19.6 Å². The van der Waals surface area contributed by atoms with Gasteiger partial charge in [0.2, 0.25) is 0 Å². The fourth-order valence-corrected chi connectivity index (χ4v) is 5.82. The quantitative estimate of drug-likeness (QED) is 0.288. The normalized spacial score (nSPS) is 16.0. The van der Waals surface area contributed by atoms with Gasteiger partial charge in [0, 0.05) is 57.5 Å². The zero-order valence-corrected chi connectivity index (χ0v) is 22.5. The van der Waals surface area contributed by atoms with E-state index < -0.39 is 5.82 Å². The maximum absolute atomic E-state index is 14.9. The number of halogens is 1. The standard InChI is InChI=1S/C30H29FN4O3S/c1-34-10-12-35(13-11-34)30(37)21-5-6-24(33-18-21)28-17-25-29(39-28)27(8-9-32-25)38-26-7-4-20(16-23(26)31)15-22(36)14-19-2-3-19/h4-9,16-19H,2-3,10-15H2,1H3. The van der Waals surface area contributed by atoms with Crippen LogP contribution < -0.4 is 4.74 Å². The van der Waals surface area contributed by atoms with Gasteiger partial charge >= 0.3 is 0 Å². The number of thiophene rings is 1. The molecule has 3 aromatic heterocycles. The first-order valence-electron chi connectivity index (χ1n) is 13.2. The Labute approximate surface area is 230 Å².